The summed E-state index contributed by atoms with van der Waals surface area (Å²) >= 11 is 1.77. The fourth-order valence-corrected chi connectivity index (χ4v) is 4.15. The maximum absolute atomic E-state index is 6.12. The molecular formula is C17H22N4OS. The van der Waals surface area contributed by atoms with Gasteiger partial charge in [-0.15, -0.1) is 5.10 Å². The number of nitrogens with zero attached hydrogens (tertiary/aromatic N) is 4. The van der Waals surface area contributed by atoms with Gasteiger partial charge in [0.25, 0.3) is 0 Å². The van der Waals surface area contributed by atoms with Crippen LogP contribution in [0.2, 0.25) is 0 Å². The van der Waals surface area contributed by atoms with Gasteiger partial charge in [-0.2, -0.15) is 16.4 Å². The van der Waals surface area contributed by atoms with E-state index in [9.17, 15) is 0 Å². The number of fused-ring (bicyclic) bond motifs is 1. The summed E-state index contributed by atoms with van der Waals surface area (Å²) < 4.78 is 6.12. The third-order valence-corrected chi connectivity index (χ3v) is 5.44. The highest BCUT2D eigenvalue weighted by Crippen LogP contribution is 2.27. The molecule has 5 nitrogen and oxygen atoms in total. The second-order valence-corrected chi connectivity index (χ2v) is 7.25. The smallest absolute Gasteiger partial charge is 0.151 e. The van der Waals surface area contributed by atoms with Crippen LogP contribution in [0.1, 0.15) is 11.3 Å². The summed E-state index contributed by atoms with van der Waals surface area (Å²) in [5.41, 5.74) is 2.37. The zero-order chi connectivity index (χ0) is 15.6. The normalized spacial score (nSPS) is 25.3. The van der Waals surface area contributed by atoms with Crippen LogP contribution in [0.15, 0.2) is 29.0 Å². The molecule has 2 fully saturated rings. The number of aromatic nitrogens is 2. The van der Waals surface area contributed by atoms with E-state index in [0.29, 0.717) is 12.0 Å². The molecule has 0 amide bonds. The van der Waals surface area contributed by atoms with Crippen LogP contribution < -0.4 is 4.90 Å². The molecule has 0 spiro atoms. The van der Waals surface area contributed by atoms with E-state index in [-0.39, 0.29) is 0 Å². The van der Waals surface area contributed by atoms with E-state index in [0.717, 1.165) is 50.8 Å². The predicted molar refractivity (Wildman–Crippen MR) is 91.8 cm³/mol. The molecule has 4 heterocycles. The summed E-state index contributed by atoms with van der Waals surface area (Å²) in [5, 5.41) is 12.9. The zero-order valence-electron chi connectivity index (χ0n) is 13.4. The Balaban J connectivity index is 1.43. The molecule has 2 aromatic rings. The first kappa shape index (κ1) is 15.1. The Morgan fingerprint density at radius 3 is 2.96 bits per heavy atom. The number of ether oxygens (including phenoxy) is 1. The second kappa shape index (κ2) is 6.55. The lowest BCUT2D eigenvalue weighted by Gasteiger charge is -2.23. The number of hydrogen-bond donors (Lipinski definition) is 0. The molecule has 0 aliphatic carbocycles. The Morgan fingerprint density at radius 2 is 2.17 bits per heavy atom. The van der Waals surface area contributed by atoms with Gasteiger partial charge < -0.3 is 9.64 Å². The standard InChI is InChI=1S/C17H22N4OS/c1-13-2-3-17(19-18-13)21-10-15-9-20(5-6-22-16(15)11-21)8-14-4-7-23-12-14/h2-4,7,12,15-16H,5-6,8-11H2,1H3/t15-,16+/m0/s1. The lowest BCUT2D eigenvalue weighted by atomic mass is 10.1. The third kappa shape index (κ3) is 3.39. The number of hydrogen-bond acceptors (Lipinski definition) is 6. The van der Waals surface area contributed by atoms with E-state index in [1.165, 1.54) is 5.56 Å². The molecule has 6 heteroatoms. The molecule has 0 bridgehead atoms. The van der Waals surface area contributed by atoms with Gasteiger partial charge in [-0.1, -0.05) is 0 Å². The van der Waals surface area contributed by atoms with Gasteiger partial charge >= 0.3 is 0 Å². The molecule has 0 N–H and O–H groups in total. The SMILES string of the molecule is Cc1ccc(N2C[C@@H]3CN(Cc4ccsc4)CCO[C@@H]3C2)nn1. The maximum Gasteiger partial charge on any atom is 0.151 e. The first-order valence-corrected chi connectivity index (χ1v) is 9.12. The van der Waals surface area contributed by atoms with E-state index < -0.39 is 0 Å². The predicted octanol–water partition coefficient (Wildman–Crippen LogP) is 2.18. The van der Waals surface area contributed by atoms with Crippen molar-refractivity contribution < 1.29 is 4.74 Å². The van der Waals surface area contributed by atoms with Gasteiger partial charge in [0.15, 0.2) is 5.82 Å². The Hall–Kier alpha value is -1.50. The molecule has 2 aliphatic heterocycles. The first-order valence-electron chi connectivity index (χ1n) is 8.18. The van der Waals surface area contributed by atoms with Crippen molar-refractivity contribution in [2.45, 2.75) is 19.6 Å². The molecule has 4 rings (SSSR count). The van der Waals surface area contributed by atoms with Crippen molar-refractivity contribution in [3.63, 3.8) is 0 Å². The molecule has 2 saturated heterocycles. The summed E-state index contributed by atoms with van der Waals surface area (Å²) in [6, 6.07) is 6.31. The largest absolute Gasteiger partial charge is 0.375 e. The average Bonchev–Trinajstić information content (AvgIpc) is 3.15. The maximum atomic E-state index is 6.12. The Labute approximate surface area is 140 Å². The van der Waals surface area contributed by atoms with Crippen LogP contribution in [0.4, 0.5) is 5.82 Å². The van der Waals surface area contributed by atoms with E-state index in [2.05, 4.69) is 42.9 Å². The molecule has 2 atom stereocenters. The molecule has 0 radical (unpaired) electrons. The quantitative estimate of drug-likeness (QED) is 0.863. The van der Waals surface area contributed by atoms with Gasteiger partial charge in [0.1, 0.15) is 0 Å². The summed E-state index contributed by atoms with van der Waals surface area (Å²) in [4.78, 5) is 4.84. The van der Waals surface area contributed by atoms with E-state index in [4.69, 9.17) is 4.74 Å². The summed E-state index contributed by atoms with van der Waals surface area (Å²) in [6.07, 6.45) is 0.311. The molecule has 0 saturated carbocycles. The van der Waals surface area contributed by atoms with Crippen LogP contribution in [0.3, 0.4) is 0 Å². The van der Waals surface area contributed by atoms with Crippen molar-refractivity contribution in [3.8, 4) is 0 Å². The molecule has 2 aromatic heterocycles. The highest BCUT2D eigenvalue weighted by Gasteiger charge is 2.37. The number of aryl methyl sites for hydroxylation is 1. The number of thiophene rings is 1. The van der Waals surface area contributed by atoms with E-state index in [1.54, 1.807) is 11.3 Å². The lowest BCUT2D eigenvalue weighted by molar-refractivity contribution is 0.0579. The Bertz CT molecular complexity index is 631. The molecular weight excluding hydrogens is 308 g/mol. The van der Waals surface area contributed by atoms with Crippen molar-refractivity contribution in [2.24, 2.45) is 5.92 Å². The van der Waals surface area contributed by atoms with Gasteiger partial charge in [0.2, 0.25) is 0 Å². The molecule has 0 aromatic carbocycles. The lowest BCUT2D eigenvalue weighted by Crippen LogP contribution is -2.32. The van der Waals surface area contributed by atoms with Crippen molar-refractivity contribution in [2.75, 3.05) is 37.7 Å². The van der Waals surface area contributed by atoms with Crippen LogP contribution in [0, 0.1) is 12.8 Å². The minimum atomic E-state index is 0.311. The minimum absolute atomic E-state index is 0.311. The molecule has 2 aliphatic rings. The van der Waals surface area contributed by atoms with Crippen molar-refractivity contribution in [1.29, 1.82) is 0 Å². The fraction of sp³-hybridized carbons (Fsp3) is 0.529. The molecule has 0 unspecified atom stereocenters. The van der Waals surface area contributed by atoms with Crippen LogP contribution >= 0.6 is 11.3 Å². The monoisotopic (exact) mass is 330 g/mol. The first-order chi connectivity index (χ1) is 11.3. The van der Waals surface area contributed by atoms with Crippen molar-refractivity contribution >= 4 is 17.2 Å². The minimum Gasteiger partial charge on any atom is -0.375 e. The van der Waals surface area contributed by atoms with Crippen LogP contribution in [-0.2, 0) is 11.3 Å². The Morgan fingerprint density at radius 1 is 1.22 bits per heavy atom. The highest BCUT2D eigenvalue weighted by atomic mass is 32.1. The molecule has 122 valence electrons. The van der Waals surface area contributed by atoms with Gasteiger partial charge in [-0.25, -0.2) is 0 Å². The topological polar surface area (TPSA) is 41.5 Å². The second-order valence-electron chi connectivity index (χ2n) is 6.47. The van der Waals surface area contributed by atoms with Crippen LogP contribution in [-0.4, -0.2) is 54.0 Å². The molecule has 23 heavy (non-hydrogen) atoms. The van der Waals surface area contributed by atoms with Gasteiger partial charge in [-0.3, -0.25) is 4.90 Å². The highest BCUT2D eigenvalue weighted by molar-refractivity contribution is 7.07. The number of anilines is 1. The number of rotatable bonds is 3. The fourth-order valence-electron chi connectivity index (χ4n) is 3.49. The van der Waals surface area contributed by atoms with Crippen LogP contribution in [0.25, 0.3) is 0 Å². The van der Waals surface area contributed by atoms with Gasteiger partial charge in [0, 0.05) is 38.6 Å². The third-order valence-electron chi connectivity index (χ3n) is 4.71. The van der Waals surface area contributed by atoms with E-state index in [1.807, 2.05) is 13.0 Å². The summed E-state index contributed by atoms with van der Waals surface area (Å²) in [5.74, 6) is 1.51. The summed E-state index contributed by atoms with van der Waals surface area (Å²) in [6.45, 7) is 7.86. The van der Waals surface area contributed by atoms with Gasteiger partial charge in [0.05, 0.1) is 18.4 Å². The Kier molecular flexibility index (Phi) is 4.29. The summed E-state index contributed by atoms with van der Waals surface area (Å²) in [7, 11) is 0. The van der Waals surface area contributed by atoms with E-state index >= 15 is 0 Å². The van der Waals surface area contributed by atoms with Gasteiger partial charge in [-0.05, 0) is 41.4 Å². The zero-order valence-corrected chi connectivity index (χ0v) is 14.2. The van der Waals surface area contributed by atoms with Crippen LogP contribution in [0.5, 0.6) is 0 Å². The average molecular weight is 330 g/mol. The van der Waals surface area contributed by atoms with Crippen molar-refractivity contribution in [1.82, 2.24) is 15.1 Å². The van der Waals surface area contributed by atoms with Crippen molar-refractivity contribution in [3.05, 3.63) is 40.2 Å².